The van der Waals surface area contributed by atoms with Gasteiger partial charge in [-0.2, -0.15) is 0 Å². The first-order chi connectivity index (χ1) is 7.11. The molecule has 0 saturated carbocycles. The zero-order valence-electron chi connectivity index (χ0n) is 8.44. The minimum absolute atomic E-state index is 0.0150. The van der Waals surface area contributed by atoms with Crippen molar-refractivity contribution in [3.63, 3.8) is 0 Å². The molecule has 1 aliphatic rings. The molecule has 1 aliphatic carbocycles. The number of rotatable bonds is 1. The van der Waals surface area contributed by atoms with E-state index in [1.165, 1.54) is 5.56 Å². The highest BCUT2D eigenvalue weighted by atomic mass is 79.9. The summed E-state index contributed by atoms with van der Waals surface area (Å²) in [7, 11) is 0. The van der Waals surface area contributed by atoms with Gasteiger partial charge in [0.2, 0.25) is 6.04 Å². The molecule has 0 radical (unpaired) electrons. The molecule has 0 unspecified atom stereocenters. The topological polar surface area (TPSA) is 43.1 Å². The highest BCUT2D eigenvalue weighted by molar-refractivity contribution is 9.10. The first-order valence-corrected chi connectivity index (χ1v) is 5.81. The standard InChI is InChI=1S/C11H12BrNO2/c1-7-8-3-2-4-10(12)9(8)5-6-11(7)13(14)15/h2-4,7,11H,5-6H2,1H3/t7-,11-/m1/s1. The molecule has 2 rings (SSSR count). The predicted octanol–water partition coefficient (Wildman–Crippen LogP) is 3.14. The predicted molar refractivity (Wildman–Crippen MR) is 61.7 cm³/mol. The number of nitrogens with zero attached hydrogens (tertiary/aromatic N) is 1. The van der Waals surface area contributed by atoms with E-state index in [0.717, 1.165) is 16.5 Å². The average molecular weight is 270 g/mol. The summed E-state index contributed by atoms with van der Waals surface area (Å²) in [4.78, 5) is 10.7. The van der Waals surface area contributed by atoms with Gasteiger partial charge in [0.1, 0.15) is 0 Å². The van der Waals surface area contributed by atoms with Crippen LogP contribution in [0.2, 0.25) is 0 Å². The van der Waals surface area contributed by atoms with Crippen LogP contribution in [0.15, 0.2) is 22.7 Å². The number of nitro groups is 1. The van der Waals surface area contributed by atoms with E-state index in [9.17, 15) is 10.1 Å². The molecule has 2 atom stereocenters. The Balaban J connectivity index is 2.42. The van der Waals surface area contributed by atoms with Gasteiger partial charge in [0.25, 0.3) is 0 Å². The maximum atomic E-state index is 10.9. The van der Waals surface area contributed by atoms with Gasteiger partial charge in [-0.05, 0) is 23.6 Å². The number of fused-ring (bicyclic) bond motifs is 1. The molecule has 15 heavy (non-hydrogen) atoms. The van der Waals surface area contributed by atoms with E-state index >= 15 is 0 Å². The van der Waals surface area contributed by atoms with Gasteiger partial charge in [-0.25, -0.2) is 0 Å². The zero-order chi connectivity index (χ0) is 11.0. The Morgan fingerprint density at radius 1 is 1.53 bits per heavy atom. The van der Waals surface area contributed by atoms with Gasteiger partial charge in [-0.3, -0.25) is 10.1 Å². The van der Waals surface area contributed by atoms with E-state index in [4.69, 9.17) is 0 Å². The van der Waals surface area contributed by atoms with Gasteiger partial charge in [-0.1, -0.05) is 35.0 Å². The van der Waals surface area contributed by atoms with Gasteiger partial charge in [0.05, 0.1) is 0 Å². The van der Waals surface area contributed by atoms with Crippen LogP contribution in [0.4, 0.5) is 0 Å². The second-order valence-corrected chi connectivity index (χ2v) is 4.84. The molecular formula is C11H12BrNO2. The lowest BCUT2D eigenvalue weighted by molar-refractivity contribution is -0.528. The van der Waals surface area contributed by atoms with Crippen LogP contribution in [0, 0.1) is 10.1 Å². The molecule has 4 heteroatoms. The van der Waals surface area contributed by atoms with Crippen molar-refractivity contribution in [1.82, 2.24) is 0 Å². The maximum Gasteiger partial charge on any atom is 0.219 e. The molecule has 0 bridgehead atoms. The Bertz CT molecular complexity index is 406. The third-order valence-electron chi connectivity index (χ3n) is 3.18. The van der Waals surface area contributed by atoms with Crippen molar-refractivity contribution < 1.29 is 4.92 Å². The molecule has 0 aliphatic heterocycles. The molecule has 0 amide bonds. The summed E-state index contributed by atoms with van der Waals surface area (Å²) >= 11 is 3.50. The largest absolute Gasteiger partial charge is 0.264 e. The Morgan fingerprint density at radius 3 is 2.93 bits per heavy atom. The molecule has 0 heterocycles. The molecule has 80 valence electrons. The molecule has 0 fully saturated rings. The summed E-state index contributed by atoms with van der Waals surface area (Å²) in [6.45, 7) is 1.94. The smallest absolute Gasteiger partial charge is 0.219 e. The second-order valence-electron chi connectivity index (χ2n) is 3.99. The molecule has 0 aromatic heterocycles. The molecular weight excluding hydrogens is 258 g/mol. The third-order valence-corrected chi connectivity index (χ3v) is 3.93. The van der Waals surface area contributed by atoms with Crippen LogP contribution in [-0.4, -0.2) is 11.0 Å². The molecule has 1 aromatic rings. The zero-order valence-corrected chi connectivity index (χ0v) is 10.0. The minimum Gasteiger partial charge on any atom is -0.264 e. The molecule has 1 aromatic carbocycles. The van der Waals surface area contributed by atoms with Crippen molar-refractivity contribution in [2.45, 2.75) is 31.7 Å². The number of benzene rings is 1. The van der Waals surface area contributed by atoms with Gasteiger partial charge in [-0.15, -0.1) is 0 Å². The normalized spacial score (nSPS) is 24.7. The van der Waals surface area contributed by atoms with Crippen LogP contribution in [-0.2, 0) is 6.42 Å². The van der Waals surface area contributed by atoms with Crippen LogP contribution in [0.25, 0.3) is 0 Å². The fourth-order valence-corrected chi connectivity index (χ4v) is 2.88. The Hall–Kier alpha value is -0.900. The van der Waals surface area contributed by atoms with Gasteiger partial charge < -0.3 is 0 Å². The van der Waals surface area contributed by atoms with Crippen molar-refractivity contribution in [2.75, 3.05) is 0 Å². The highest BCUT2D eigenvalue weighted by Gasteiger charge is 2.34. The fourth-order valence-electron chi connectivity index (χ4n) is 2.30. The Kier molecular flexibility index (Phi) is 2.78. The van der Waals surface area contributed by atoms with Crippen LogP contribution in [0.3, 0.4) is 0 Å². The van der Waals surface area contributed by atoms with Crippen LogP contribution in [0.1, 0.15) is 30.4 Å². The molecule has 0 spiro atoms. The summed E-state index contributed by atoms with van der Waals surface area (Å²) in [6, 6.07) is 5.52. The second kappa shape index (κ2) is 3.93. The Labute approximate surface area is 96.8 Å². The fraction of sp³-hybridized carbons (Fsp3) is 0.455. The van der Waals surface area contributed by atoms with E-state index in [0.29, 0.717) is 6.42 Å². The molecule has 0 N–H and O–H groups in total. The van der Waals surface area contributed by atoms with Crippen molar-refractivity contribution in [1.29, 1.82) is 0 Å². The third kappa shape index (κ3) is 1.78. The quantitative estimate of drug-likeness (QED) is 0.581. The van der Waals surface area contributed by atoms with E-state index < -0.39 is 6.04 Å². The van der Waals surface area contributed by atoms with Gasteiger partial charge >= 0.3 is 0 Å². The van der Waals surface area contributed by atoms with Crippen LogP contribution < -0.4 is 0 Å². The van der Waals surface area contributed by atoms with Crippen LogP contribution >= 0.6 is 15.9 Å². The summed E-state index contributed by atoms with van der Waals surface area (Å²) < 4.78 is 1.08. The van der Waals surface area contributed by atoms with Gasteiger partial charge in [0, 0.05) is 21.7 Å². The Morgan fingerprint density at radius 2 is 2.27 bits per heavy atom. The number of hydrogen-bond acceptors (Lipinski definition) is 2. The molecule has 0 saturated heterocycles. The average Bonchev–Trinajstić information content (AvgIpc) is 2.19. The van der Waals surface area contributed by atoms with Crippen molar-refractivity contribution >= 4 is 15.9 Å². The van der Waals surface area contributed by atoms with E-state index in [2.05, 4.69) is 15.9 Å². The lowest BCUT2D eigenvalue weighted by atomic mass is 9.81. The van der Waals surface area contributed by atoms with E-state index in [1.54, 1.807) is 0 Å². The molecule has 3 nitrogen and oxygen atoms in total. The summed E-state index contributed by atoms with van der Waals surface area (Å²) in [5, 5.41) is 10.9. The SMILES string of the molecule is C[C@@H]1c2cccc(Br)c2CC[C@H]1[N+](=O)[O-]. The first-order valence-electron chi connectivity index (χ1n) is 5.02. The van der Waals surface area contributed by atoms with Crippen molar-refractivity contribution in [3.8, 4) is 0 Å². The van der Waals surface area contributed by atoms with E-state index in [1.807, 2.05) is 25.1 Å². The lowest BCUT2D eigenvalue weighted by Crippen LogP contribution is -2.30. The summed E-state index contributed by atoms with van der Waals surface area (Å²) in [5.41, 5.74) is 2.36. The lowest BCUT2D eigenvalue weighted by Gasteiger charge is -2.26. The van der Waals surface area contributed by atoms with Crippen molar-refractivity contribution in [3.05, 3.63) is 43.9 Å². The number of halogens is 1. The highest BCUT2D eigenvalue weighted by Crippen LogP contribution is 2.36. The van der Waals surface area contributed by atoms with Crippen molar-refractivity contribution in [2.24, 2.45) is 0 Å². The summed E-state index contributed by atoms with van der Waals surface area (Å²) in [6.07, 6.45) is 1.44. The summed E-state index contributed by atoms with van der Waals surface area (Å²) in [5.74, 6) is 0.0150. The minimum atomic E-state index is -0.424. The maximum absolute atomic E-state index is 10.9. The first kappa shape index (κ1) is 10.6. The van der Waals surface area contributed by atoms with Gasteiger partial charge in [0.15, 0.2) is 0 Å². The monoisotopic (exact) mass is 269 g/mol. The van der Waals surface area contributed by atoms with Crippen LogP contribution in [0.5, 0.6) is 0 Å². The number of hydrogen-bond donors (Lipinski definition) is 0. The van der Waals surface area contributed by atoms with E-state index in [-0.39, 0.29) is 10.8 Å².